The van der Waals surface area contributed by atoms with Crippen molar-refractivity contribution in [1.82, 2.24) is 15.0 Å². The van der Waals surface area contributed by atoms with Crippen LogP contribution in [0.3, 0.4) is 0 Å². The number of hydrogen-bond acceptors (Lipinski definition) is 5. The fourth-order valence-electron chi connectivity index (χ4n) is 1.87. The van der Waals surface area contributed by atoms with Crippen LogP contribution in [0.5, 0.6) is 0 Å². The molecule has 0 saturated heterocycles. The van der Waals surface area contributed by atoms with Gasteiger partial charge in [-0.15, -0.1) is 11.3 Å². The molecule has 0 aliphatic heterocycles. The fourth-order valence-corrected chi connectivity index (χ4v) is 2.74. The summed E-state index contributed by atoms with van der Waals surface area (Å²) in [6.07, 6.45) is 5.06. The number of nitrogens with two attached hydrogens (primary N) is 1. The Morgan fingerprint density at radius 3 is 3.00 bits per heavy atom. The van der Waals surface area contributed by atoms with Crippen molar-refractivity contribution in [2.24, 2.45) is 5.73 Å². The van der Waals surface area contributed by atoms with Gasteiger partial charge in [-0.3, -0.25) is 9.78 Å². The molecule has 0 radical (unpaired) electrons. The van der Waals surface area contributed by atoms with E-state index in [9.17, 15) is 4.79 Å². The molecular weight excluding hydrogens is 292 g/mol. The van der Waals surface area contributed by atoms with E-state index < -0.39 is 0 Å². The number of fused-ring (bicyclic) bond motifs is 1. The number of hydrogen-bond donors (Lipinski definition) is 2. The first-order valence-electron chi connectivity index (χ1n) is 5.83. The van der Waals surface area contributed by atoms with Crippen molar-refractivity contribution in [2.75, 3.05) is 0 Å². The maximum absolute atomic E-state index is 12.4. The van der Waals surface area contributed by atoms with Gasteiger partial charge >= 0.3 is 0 Å². The predicted molar refractivity (Wildman–Crippen MR) is 84.6 cm³/mol. The lowest BCUT2D eigenvalue weighted by molar-refractivity contribution is 0.103. The molecule has 7 heteroatoms. The average Bonchev–Trinajstić information content (AvgIpc) is 3.05. The van der Waals surface area contributed by atoms with E-state index in [0.29, 0.717) is 10.6 Å². The number of ketones is 1. The van der Waals surface area contributed by atoms with Gasteiger partial charge in [0.05, 0.1) is 11.3 Å². The van der Waals surface area contributed by atoms with Crippen LogP contribution < -0.4 is 5.73 Å². The molecule has 3 aromatic heterocycles. The second-order valence-electron chi connectivity index (χ2n) is 4.32. The van der Waals surface area contributed by atoms with Crippen LogP contribution in [0.2, 0.25) is 0 Å². The molecule has 0 fully saturated rings. The monoisotopic (exact) mass is 306 g/mol. The second kappa shape index (κ2) is 5.74. The summed E-state index contributed by atoms with van der Waals surface area (Å²) in [5.74, 6) is -0.101. The maximum Gasteiger partial charge on any atom is 0.223 e. The molecule has 104 valence electrons. The van der Waals surface area contributed by atoms with Gasteiger partial charge in [0.1, 0.15) is 0 Å². The molecule has 0 bridgehead atoms. The van der Waals surface area contributed by atoms with E-state index in [4.69, 9.17) is 5.73 Å². The summed E-state index contributed by atoms with van der Waals surface area (Å²) >= 11 is 1.32. The van der Waals surface area contributed by atoms with E-state index in [1.807, 2.05) is 18.4 Å². The van der Waals surface area contributed by atoms with Crippen LogP contribution in [0.4, 0.5) is 0 Å². The molecule has 0 aromatic carbocycles. The Bertz CT molecular complexity index is 748. The van der Waals surface area contributed by atoms with Gasteiger partial charge < -0.3 is 10.7 Å². The maximum atomic E-state index is 12.4. The molecule has 3 N–H and O–H groups in total. The van der Waals surface area contributed by atoms with Gasteiger partial charge in [0.25, 0.3) is 0 Å². The first-order chi connectivity index (χ1) is 9.16. The van der Waals surface area contributed by atoms with Gasteiger partial charge in [0.15, 0.2) is 5.01 Å². The zero-order valence-corrected chi connectivity index (χ0v) is 12.6. The molecule has 1 atom stereocenters. The van der Waals surface area contributed by atoms with Crippen molar-refractivity contribution in [3.8, 4) is 0 Å². The van der Waals surface area contributed by atoms with Crippen LogP contribution in [0.25, 0.3) is 10.9 Å². The first-order valence-corrected chi connectivity index (χ1v) is 6.71. The summed E-state index contributed by atoms with van der Waals surface area (Å²) in [6.45, 7) is 1.85. The number of H-pyrrole nitrogens is 1. The Labute approximate surface area is 126 Å². The fraction of sp³-hybridized carbons (Fsp3) is 0.154. The van der Waals surface area contributed by atoms with Crippen LogP contribution in [0.15, 0.2) is 30.0 Å². The van der Waals surface area contributed by atoms with E-state index in [0.717, 1.165) is 16.6 Å². The van der Waals surface area contributed by atoms with Crippen LogP contribution in [-0.4, -0.2) is 20.7 Å². The lowest BCUT2D eigenvalue weighted by Gasteiger charge is -1.98. The van der Waals surface area contributed by atoms with E-state index in [1.54, 1.807) is 18.6 Å². The number of aromatic nitrogens is 3. The summed E-state index contributed by atoms with van der Waals surface area (Å²) < 4.78 is 0. The SMILES string of the molecule is C[C@H](N)c1csc(C(=O)c2c[nH]c3ccncc23)n1.S. The first kappa shape index (κ1) is 14.7. The van der Waals surface area contributed by atoms with E-state index in [1.165, 1.54) is 11.3 Å². The quantitative estimate of drug-likeness (QED) is 0.728. The summed E-state index contributed by atoms with van der Waals surface area (Å²) in [4.78, 5) is 23.8. The Morgan fingerprint density at radius 1 is 1.50 bits per heavy atom. The highest BCUT2D eigenvalue weighted by atomic mass is 32.1. The normalized spacial score (nSPS) is 12.1. The van der Waals surface area contributed by atoms with E-state index >= 15 is 0 Å². The molecule has 0 aliphatic carbocycles. The van der Waals surface area contributed by atoms with Crippen molar-refractivity contribution in [1.29, 1.82) is 0 Å². The van der Waals surface area contributed by atoms with Gasteiger partial charge in [0.2, 0.25) is 5.78 Å². The Morgan fingerprint density at radius 2 is 2.30 bits per heavy atom. The minimum absolute atomic E-state index is 0. The molecule has 5 nitrogen and oxygen atoms in total. The largest absolute Gasteiger partial charge is 0.360 e. The summed E-state index contributed by atoms with van der Waals surface area (Å²) in [5, 5.41) is 3.09. The number of carbonyl (C=O) groups is 1. The highest BCUT2D eigenvalue weighted by Crippen LogP contribution is 2.23. The lowest BCUT2D eigenvalue weighted by Crippen LogP contribution is -2.06. The van der Waals surface area contributed by atoms with Crippen molar-refractivity contribution >= 4 is 41.5 Å². The van der Waals surface area contributed by atoms with Gasteiger partial charge in [0, 0.05) is 40.9 Å². The molecule has 3 heterocycles. The topological polar surface area (TPSA) is 84.7 Å². The molecule has 3 aromatic rings. The zero-order chi connectivity index (χ0) is 13.4. The van der Waals surface area contributed by atoms with Gasteiger partial charge in [-0.1, -0.05) is 0 Å². The summed E-state index contributed by atoms with van der Waals surface area (Å²) in [6, 6.07) is 1.67. The number of pyridine rings is 1. The van der Waals surface area contributed by atoms with Gasteiger partial charge in [-0.25, -0.2) is 4.98 Å². The third-order valence-corrected chi connectivity index (χ3v) is 3.77. The van der Waals surface area contributed by atoms with Gasteiger partial charge in [-0.05, 0) is 13.0 Å². The Balaban J connectivity index is 0.00000147. The standard InChI is InChI=1S/C13H12N4OS.H2S/c1-7(14)11-6-19-13(17-11)12(18)9-5-16-10-2-3-15-4-8(9)10;/h2-7,16H,14H2,1H3;1H2/t7-;/m0./s1. The number of rotatable bonds is 3. The molecule has 0 saturated carbocycles. The van der Waals surface area contributed by atoms with Crippen molar-refractivity contribution < 1.29 is 4.79 Å². The van der Waals surface area contributed by atoms with Crippen molar-refractivity contribution in [3.05, 3.63) is 46.3 Å². The van der Waals surface area contributed by atoms with E-state index in [-0.39, 0.29) is 25.3 Å². The van der Waals surface area contributed by atoms with E-state index in [2.05, 4.69) is 15.0 Å². The Kier molecular flexibility index (Phi) is 4.22. The highest BCUT2D eigenvalue weighted by molar-refractivity contribution is 7.59. The van der Waals surface area contributed by atoms with Crippen LogP contribution >= 0.6 is 24.8 Å². The molecule has 20 heavy (non-hydrogen) atoms. The number of carbonyl (C=O) groups excluding carboxylic acids is 1. The smallest absolute Gasteiger partial charge is 0.223 e. The molecule has 0 spiro atoms. The average molecular weight is 306 g/mol. The van der Waals surface area contributed by atoms with Crippen molar-refractivity contribution in [2.45, 2.75) is 13.0 Å². The van der Waals surface area contributed by atoms with Gasteiger partial charge in [-0.2, -0.15) is 13.5 Å². The number of aromatic amines is 1. The third-order valence-electron chi connectivity index (χ3n) is 2.91. The summed E-state index contributed by atoms with van der Waals surface area (Å²) in [5.41, 5.74) is 7.98. The minimum Gasteiger partial charge on any atom is -0.360 e. The van der Waals surface area contributed by atoms with Crippen molar-refractivity contribution in [3.63, 3.8) is 0 Å². The van der Waals surface area contributed by atoms with Crippen LogP contribution in [0, 0.1) is 0 Å². The second-order valence-corrected chi connectivity index (χ2v) is 5.18. The molecule has 0 aliphatic rings. The van der Waals surface area contributed by atoms with Crippen LogP contribution in [-0.2, 0) is 0 Å². The lowest BCUT2D eigenvalue weighted by atomic mass is 10.1. The molecule has 3 rings (SSSR count). The molecule has 0 unspecified atom stereocenters. The predicted octanol–water partition coefficient (Wildman–Crippen LogP) is 2.38. The third kappa shape index (κ3) is 2.47. The number of nitrogens with one attached hydrogen (secondary N) is 1. The molecule has 0 amide bonds. The Hall–Kier alpha value is -1.70. The zero-order valence-electron chi connectivity index (χ0n) is 10.8. The van der Waals surface area contributed by atoms with Crippen LogP contribution in [0.1, 0.15) is 34.0 Å². The molecular formula is C13H14N4OS2. The minimum atomic E-state index is -0.164. The number of nitrogens with zero attached hydrogens (tertiary/aromatic N) is 2. The number of thiazole rings is 1. The highest BCUT2D eigenvalue weighted by Gasteiger charge is 2.18. The summed E-state index contributed by atoms with van der Waals surface area (Å²) in [7, 11) is 0.